The summed E-state index contributed by atoms with van der Waals surface area (Å²) in [6.45, 7) is -1.84. The first-order valence-electron chi connectivity index (χ1n) is 7.15. The molecule has 0 unspecified atom stereocenters. The third kappa shape index (κ3) is 5.34. The Hall–Kier alpha value is -2.46. The summed E-state index contributed by atoms with van der Waals surface area (Å²) < 4.78 is 33.7. The molecule has 1 aliphatic rings. The fourth-order valence-corrected chi connectivity index (χ4v) is 2.17. The zero-order chi connectivity index (χ0) is 16.7. The van der Waals surface area contributed by atoms with Gasteiger partial charge in [-0.1, -0.05) is 12.1 Å². The summed E-state index contributed by atoms with van der Waals surface area (Å²) in [5, 5.41) is 11.7. The number of hydrogen-bond acceptors (Lipinski definition) is 4. The number of nitriles is 1. The maximum absolute atomic E-state index is 12.1. The van der Waals surface area contributed by atoms with Gasteiger partial charge in [0, 0.05) is 13.2 Å². The van der Waals surface area contributed by atoms with E-state index in [1.54, 1.807) is 0 Å². The topological polar surface area (TPSA) is 71.3 Å². The first kappa shape index (κ1) is 16.9. The number of benzene rings is 1. The van der Waals surface area contributed by atoms with Gasteiger partial charge in [-0.05, 0) is 36.6 Å². The standard InChI is InChI=1S/C16H16F2N2O3/c17-16(18)23-13-5-3-11(4-6-13)8-12(9-19)15(21)20-10-14-2-1-7-22-14/h3-6,8,14,16H,1-2,7,10H2,(H,20,21)/b12-8+/t14-/m0/s1. The van der Waals surface area contributed by atoms with Crippen molar-refractivity contribution in [3.8, 4) is 11.8 Å². The van der Waals surface area contributed by atoms with E-state index in [-0.39, 0.29) is 17.4 Å². The van der Waals surface area contributed by atoms with Gasteiger partial charge in [0.15, 0.2) is 0 Å². The highest BCUT2D eigenvalue weighted by Gasteiger charge is 2.17. The number of nitrogens with one attached hydrogen (secondary N) is 1. The molecule has 1 saturated heterocycles. The van der Waals surface area contributed by atoms with Crippen molar-refractivity contribution in [3.05, 3.63) is 35.4 Å². The van der Waals surface area contributed by atoms with Crippen LogP contribution in [0.4, 0.5) is 8.78 Å². The van der Waals surface area contributed by atoms with Gasteiger partial charge in [0.05, 0.1) is 6.10 Å². The van der Waals surface area contributed by atoms with E-state index in [4.69, 9.17) is 10.00 Å². The number of rotatable bonds is 6. The van der Waals surface area contributed by atoms with Gasteiger partial charge in [0.25, 0.3) is 5.91 Å². The van der Waals surface area contributed by atoms with E-state index >= 15 is 0 Å². The van der Waals surface area contributed by atoms with Crippen LogP contribution < -0.4 is 10.1 Å². The molecule has 5 nitrogen and oxygen atoms in total. The van der Waals surface area contributed by atoms with Gasteiger partial charge in [0.2, 0.25) is 0 Å². The largest absolute Gasteiger partial charge is 0.435 e. The average Bonchev–Trinajstić information content (AvgIpc) is 3.04. The molecular formula is C16H16F2N2O3. The molecule has 0 saturated carbocycles. The number of ether oxygens (including phenoxy) is 2. The summed E-state index contributed by atoms with van der Waals surface area (Å²) in [6.07, 6.45) is 3.23. The normalized spacial score (nSPS) is 17.8. The van der Waals surface area contributed by atoms with E-state index in [2.05, 4.69) is 10.1 Å². The van der Waals surface area contributed by atoms with E-state index in [0.717, 1.165) is 12.8 Å². The minimum absolute atomic E-state index is 0.00956. The smallest absolute Gasteiger partial charge is 0.387 e. The highest BCUT2D eigenvalue weighted by Crippen LogP contribution is 2.17. The van der Waals surface area contributed by atoms with Crippen LogP contribution in [0.25, 0.3) is 6.08 Å². The summed E-state index contributed by atoms with van der Waals surface area (Å²) >= 11 is 0. The van der Waals surface area contributed by atoms with E-state index in [1.807, 2.05) is 6.07 Å². The Balaban J connectivity index is 1.96. The molecule has 0 spiro atoms. The number of alkyl halides is 2. The highest BCUT2D eigenvalue weighted by molar-refractivity contribution is 6.01. The summed E-state index contributed by atoms with van der Waals surface area (Å²) in [5.74, 6) is -0.477. The third-order valence-corrected chi connectivity index (χ3v) is 3.30. The van der Waals surface area contributed by atoms with Crippen LogP contribution in [0.2, 0.25) is 0 Å². The van der Waals surface area contributed by atoms with E-state index < -0.39 is 12.5 Å². The number of nitrogens with zero attached hydrogens (tertiary/aromatic N) is 1. The lowest BCUT2D eigenvalue weighted by Crippen LogP contribution is -2.32. The molecule has 1 amide bonds. The lowest BCUT2D eigenvalue weighted by molar-refractivity contribution is -0.117. The lowest BCUT2D eigenvalue weighted by Gasteiger charge is -2.10. The molecule has 122 valence electrons. The molecule has 0 aromatic heterocycles. The zero-order valence-corrected chi connectivity index (χ0v) is 12.3. The summed E-state index contributed by atoms with van der Waals surface area (Å²) in [6, 6.07) is 7.50. The van der Waals surface area contributed by atoms with Gasteiger partial charge >= 0.3 is 6.61 Å². The van der Waals surface area contributed by atoms with Crippen molar-refractivity contribution in [1.82, 2.24) is 5.32 Å². The van der Waals surface area contributed by atoms with Gasteiger partial charge in [0.1, 0.15) is 17.4 Å². The van der Waals surface area contributed by atoms with Crippen molar-refractivity contribution >= 4 is 12.0 Å². The number of carbonyl (C=O) groups excluding carboxylic acids is 1. The Kier molecular flexibility index (Phi) is 6.06. The molecule has 0 aliphatic carbocycles. The predicted molar refractivity (Wildman–Crippen MR) is 78.6 cm³/mol. The van der Waals surface area contributed by atoms with E-state index in [0.29, 0.717) is 18.7 Å². The number of carbonyl (C=O) groups is 1. The maximum atomic E-state index is 12.1. The fraction of sp³-hybridized carbons (Fsp3) is 0.375. The Morgan fingerprint density at radius 1 is 1.48 bits per heavy atom. The Morgan fingerprint density at radius 2 is 2.22 bits per heavy atom. The molecule has 1 atom stereocenters. The average molecular weight is 322 g/mol. The van der Waals surface area contributed by atoms with Crippen LogP contribution in [-0.4, -0.2) is 31.8 Å². The van der Waals surface area contributed by atoms with Gasteiger partial charge in [-0.3, -0.25) is 4.79 Å². The van der Waals surface area contributed by atoms with Gasteiger partial charge in [-0.25, -0.2) is 0 Å². The monoisotopic (exact) mass is 322 g/mol. The Morgan fingerprint density at radius 3 is 2.78 bits per heavy atom. The molecule has 1 aliphatic heterocycles. The van der Waals surface area contributed by atoms with E-state index in [1.165, 1.54) is 30.3 Å². The molecule has 7 heteroatoms. The summed E-state index contributed by atoms with van der Waals surface area (Å²) in [4.78, 5) is 12.0. The molecule has 1 aromatic rings. The first-order chi connectivity index (χ1) is 11.1. The lowest BCUT2D eigenvalue weighted by atomic mass is 10.1. The second kappa shape index (κ2) is 8.25. The van der Waals surface area contributed by atoms with Gasteiger partial charge in [-0.2, -0.15) is 14.0 Å². The molecule has 1 N–H and O–H groups in total. The molecule has 0 bridgehead atoms. The molecule has 1 fully saturated rings. The summed E-state index contributed by atoms with van der Waals surface area (Å²) in [7, 11) is 0. The van der Waals surface area contributed by atoms with Crippen molar-refractivity contribution in [3.63, 3.8) is 0 Å². The van der Waals surface area contributed by atoms with Crippen molar-refractivity contribution in [2.75, 3.05) is 13.2 Å². The fourth-order valence-electron chi connectivity index (χ4n) is 2.17. The molecule has 2 rings (SSSR count). The minimum Gasteiger partial charge on any atom is -0.435 e. The number of amides is 1. The van der Waals surface area contributed by atoms with Crippen molar-refractivity contribution in [2.24, 2.45) is 0 Å². The SMILES string of the molecule is N#C/C(=C\c1ccc(OC(F)F)cc1)C(=O)NC[C@@H]1CCCO1. The second-order valence-corrected chi connectivity index (χ2v) is 4.96. The Bertz CT molecular complexity index is 603. The Labute approximate surface area is 132 Å². The quantitative estimate of drug-likeness (QED) is 0.645. The van der Waals surface area contributed by atoms with Gasteiger partial charge < -0.3 is 14.8 Å². The molecule has 1 heterocycles. The predicted octanol–water partition coefficient (Wildman–Crippen LogP) is 2.49. The highest BCUT2D eigenvalue weighted by atomic mass is 19.3. The van der Waals surface area contributed by atoms with Crippen LogP contribution in [0.1, 0.15) is 18.4 Å². The minimum atomic E-state index is -2.89. The van der Waals surface area contributed by atoms with Crippen LogP contribution in [0.5, 0.6) is 5.75 Å². The van der Waals surface area contributed by atoms with Crippen molar-refractivity contribution in [2.45, 2.75) is 25.6 Å². The maximum Gasteiger partial charge on any atom is 0.387 e. The molecule has 23 heavy (non-hydrogen) atoms. The second-order valence-electron chi connectivity index (χ2n) is 4.96. The van der Waals surface area contributed by atoms with Crippen LogP contribution >= 0.6 is 0 Å². The van der Waals surface area contributed by atoms with Gasteiger partial charge in [-0.15, -0.1) is 0 Å². The first-order valence-corrected chi connectivity index (χ1v) is 7.15. The summed E-state index contributed by atoms with van der Waals surface area (Å²) in [5.41, 5.74) is 0.473. The third-order valence-electron chi connectivity index (χ3n) is 3.30. The van der Waals surface area contributed by atoms with Crippen LogP contribution in [0, 0.1) is 11.3 Å². The van der Waals surface area contributed by atoms with Crippen LogP contribution in [-0.2, 0) is 9.53 Å². The zero-order valence-electron chi connectivity index (χ0n) is 12.3. The molecular weight excluding hydrogens is 306 g/mol. The molecule has 1 aromatic carbocycles. The number of hydrogen-bond donors (Lipinski definition) is 1. The van der Waals surface area contributed by atoms with Crippen molar-refractivity contribution < 1.29 is 23.0 Å². The van der Waals surface area contributed by atoms with Crippen LogP contribution in [0.15, 0.2) is 29.8 Å². The number of halogens is 2. The van der Waals surface area contributed by atoms with Crippen LogP contribution in [0.3, 0.4) is 0 Å². The molecule has 0 radical (unpaired) electrons. The van der Waals surface area contributed by atoms with E-state index in [9.17, 15) is 13.6 Å². The van der Waals surface area contributed by atoms with Crippen molar-refractivity contribution in [1.29, 1.82) is 5.26 Å².